The van der Waals surface area contributed by atoms with Gasteiger partial charge in [-0.25, -0.2) is 4.98 Å². The van der Waals surface area contributed by atoms with Gasteiger partial charge in [-0.05, 0) is 19.8 Å². The molecule has 1 heterocycles. The lowest BCUT2D eigenvalue weighted by Gasteiger charge is -1.99. The summed E-state index contributed by atoms with van der Waals surface area (Å²) in [6.07, 6.45) is 3.22. The van der Waals surface area contributed by atoms with E-state index in [0.717, 1.165) is 17.7 Å². The number of nitrogens with zero attached hydrogens (tertiary/aromatic N) is 1. The Kier molecular flexibility index (Phi) is 3.49. The first kappa shape index (κ1) is 9.48. The first-order valence-corrected chi connectivity index (χ1v) is 4.70. The molecule has 0 aliphatic rings. The summed E-state index contributed by atoms with van der Waals surface area (Å²) >= 11 is 1.53. The molecule has 1 N–H and O–H groups in total. The third-order valence-corrected chi connectivity index (χ3v) is 2.53. The Morgan fingerprint density at radius 2 is 2.50 bits per heavy atom. The third-order valence-electron chi connectivity index (χ3n) is 1.52. The van der Waals surface area contributed by atoms with E-state index in [1.165, 1.54) is 11.3 Å². The molecule has 1 rings (SSSR count). The van der Waals surface area contributed by atoms with Gasteiger partial charge in [-0.1, -0.05) is 11.3 Å². The molecular weight excluding hydrogens is 174 g/mol. The van der Waals surface area contributed by atoms with Crippen LogP contribution in [0.5, 0.6) is 5.19 Å². The van der Waals surface area contributed by atoms with Gasteiger partial charge in [0, 0.05) is 11.1 Å². The number of hydrogen-bond acceptors (Lipinski definition) is 4. The largest absolute Gasteiger partial charge is 0.473 e. The molecule has 0 fully saturated rings. The second-order valence-electron chi connectivity index (χ2n) is 2.68. The quantitative estimate of drug-likeness (QED) is 0.776. The molecule has 0 aromatic carbocycles. The Morgan fingerprint density at radius 1 is 1.75 bits per heavy atom. The number of hydrogen-bond donors (Lipinski definition) is 1. The summed E-state index contributed by atoms with van der Waals surface area (Å²) < 4.78 is 4.95. The summed E-state index contributed by atoms with van der Waals surface area (Å²) in [5, 5.41) is 9.72. The summed E-state index contributed by atoms with van der Waals surface area (Å²) in [7, 11) is 1.61. The Morgan fingerprint density at radius 3 is 3.00 bits per heavy atom. The number of aliphatic hydroxyl groups excluding tert-OH is 1. The zero-order valence-corrected chi connectivity index (χ0v) is 8.10. The van der Waals surface area contributed by atoms with E-state index in [-0.39, 0.29) is 6.10 Å². The Balaban J connectivity index is 2.41. The van der Waals surface area contributed by atoms with Gasteiger partial charge in [-0.15, -0.1) is 0 Å². The number of aryl methyl sites for hydroxylation is 1. The Hall–Kier alpha value is -0.610. The molecule has 0 radical (unpaired) electrons. The summed E-state index contributed by atoms with van der Waals surface area (Å²) in [6, 6.07) is 0. The van der Waals surface area contributed by atoms with E-state index in [1.807, 2.05) is 0 Å². The van der Waals surface area contributed by atoms with Gasteiger partial charge in [0.25, 0.3) is 5.19 Å². The van der Waals surface area contributed by atoms with E-state index in [2.05, 4.69) is 4.98 Å². The van der Waals surface area contributed by atoms with Gasteiger partial charge in [0.2, 0.25) is 0 Å². The van der Waals surface area contributed by atoms with Crippen molar-refractivity contribution in [3.05, 3.63) is 11.1 Å². The smallest absolute Gasteiger partial charge is 0.273 e. The van der Waals surface area contributed by atoms with Crippen molar-refractivity contribution in [2.45, 2.75) is 25.9 Å². The van der Waals surface area contributed by atoms with Crippen molar-refractivity contribution in [1.29, 1.82) is 0 Å². The van der Waals surface area contributed by atoms with Crippen molar-refractivity contribution in [2.75, 3.05) is 7.11 Å². The summed E-state index contributed by atoms with van der Waals surface area (Å²) in [5.41, 5.74) is 0. The lowest BCUT2D eigenvalue weighted by Crippen LogP contribution is -2.00. The second kappa shape index (κ2) is 4.42. The third kappa shape index (κ3) is 2.79. The summed E-state index contributed by atoms with van der Waals surface area (Å²) in [6.45, 7) is 1.79. The van der Waals surface area contributed by atoms with Crippen LogP contribution in [0.2, 0.25) is 0 Å². The van der Waals surface area contributed by atoms with Crippen molar-refractivity contribution in [1.82, 2.24) is 4.98 Å². The predicted molar refractivity (Wildman–Crippen MR) is 48.7 cm³/mol. The van der Waals surface area contributed by atoms with Gasteiger partial charge in [-0.2, -0.15) is 0 Å². The minimum absolute atomic E-state index is 0.238. The Labute approximate surface area is 76.0 Å². The van der Waals surface area contributed by atoms with Crippen molar-refractivity contribution >= 4 is 11.3 Å². The number of ether oxygens (including phenoxy) is 1. The van der Waals surface area contributed by atoms with Crippen molar-refractivity contribution in [2.24, 2.45) is 0 Å². The number of aromatic nitrogens is 1. The van der Waals surface area contributed by atoms with Crippen LogP contribution in [0.25, 0.3) is 0 Å². The van der Waals surface area contributed by atoms with Crippen LogP contribution in [0.3, 0.4) is 0 Å². The van der Waals surface area contributed by atoms with Crippen LogP contribution in [0.1, 0.15) is 18.2 Å². The highest BCUT2D eigenvalue weighted by Gasteiger charge is 2.02. The molecule has 1 aromatic rings. The maximum atomic E-state index is 9.03. The zero-order valence-electron chi connectivity index (χ0n) is 7.28. The van der Waals surface area contributed by atoms with Crippen molar-refractivity contribution in [3.8, 4) is 5.19 Å². The van der Waals surface area contributed by atoms with Gasteiger partial charge >= 0.3 is 0 Å². The highest BCUT2D eigenvalue weighted by atomic mass is 32.1. The molecule has 0 aliphatic heterocycles. The van der Waals surface area contributed by atoms with Crippen LogP contribution in [0.15, 0.2) is 6.20 Å². The van der Waals surface area contributed by atoms with Crippen molar-refractivity contribution in [3.63, 3.8) is 0 Å². The molecule has 4 heteroatoms. The average molecular weight is 187 g/mol. The fourth-order valence-electron chi connectivity index (χ4n) is 0.851. The first-order chi connectivity index (χ1) is 5.72. The highest BCUT2D eigenvalue weighted by molar-refractivity contribution is 7.13. The minimum Gasteiger partial charge on any atom is -0.473 e. The van der Waals surface area contributed by atoms with Crippen LogP contribution in [-0.2, 0) is 6.42 Å². The number of aliphatic hydroxyl groups is 1. The summed E-state index contributed by atoms with van der Waals surface area (Å²) in [4.78, 5) is 5.19. The second-order valence-corrected chi connectivity index (χ2v) is 3.76. The fourth-order valence-corrected chi connectivity index (χ4v) is 1.59. The van der Waals surface area contributed by atoms with Crippen LogP contribution in [-0.4, -0.2) is 23.3 Å². The van der Waals surface area contributed by atoms with E-state index in [9.17, 15) is 0 Å². The van der Waals surface area contributed by atoms with Gasteiger partial charge in [0.05, 0.1) is 13.2 Å². The van der Waals surface area contributed by atoms with Gasteiger partial charge in [-0.3, -0.25) is 0 Å². The Bertz CT molecular complexity index is 235. The normalized spacial score (nSPS) is 12.9. The molecule has 1 atom stereocenters. The monoisotopic (exact) mass is 187 g/mol. The molecule has 0 spiro atoms. The van der Waals surface area contributed by atoms with Gasteiger partial charge in [0.1, 0.15) is 0 Å². The first-order valence-electron chi connectivity index (χ1n) is 3.89. The molecular formula is C8H13NO2S. The van der Waals surface area contributed by atoms with E-state index in [0.29, 0.717) is 5.19 Å². The van der Waals surface area contributed by atoms with Crippen LogP contribution < -0.4 is 4.74 Å². The SMILES string of the molecule is COc1ncc(CC[C@@H](C)O)s1. The van der Waals surface area contributed by atoms with Crippen LogP contribution in [0, 0.1) is 0 Å². The predicted octanol–water partition coefficient (Wildman–Crippen LogP) is 1.47. The average Bonchev–Trinajstić information content (AvgIpc) is 2.48. The molecule has 0 saturated heterocycles. The lowest BCUT2D eigenvalue weighted by atomic mass is 10.2. The van der Waals surface area contributed by atoms with Crippen LogP contribution in [0.4, 0.5) is 0 Å². The minimum atomic E-state index is -0.238. The van der Waals surface area contributed by atoms with Gasteiger partial charge < -0.3 is 9.84 Å². The number of methoxy groups -OCH3 is 1. The maximum Gasteiger partial charge on any atom is 0.273 e. The fraction of sp³-hybridized carbons (Fsp3) is 0.625. The van der Waals surface area contributed by atoms with Crippen molar-refractivity contribution < 1.29 is 9.84 Å². The van der Waals surface area contributed by atoms with Crippen LogP contribution >= 0.6 is 11.3 Å². The van der Waals surface area contributed by atoms with E-state index in [4.69, 9.17) is 9.84 Å². The topological polar surface area (TPSA) is 42.4 Å². The molecule has 0 amide bonds. The molecule has 1 aromatic heterocycles. The molecule has 3 nitrogen and oxygen atoms in total. The molecule has 12 heavy (non-hydrogen) atoms. The van der Waals surface area contributed by atoms with Gasteiger partial charge in [0.15, 0.2) is 0 Å². The molecule has 0 aliphatic carbocycles. The summed E-state index contributed by atoms with van der Waals surface area (Å²) in [5.74, 6) is 0. The molecule has 0 saturated carbocycles. The molecule has 68 valence electrons. The highest BCUT2D eigenvalue weighted by Crippen LogP contribution is 2.21. The van der Waals surface area contributed by atoms with E-state index < -0.39 is 0 Å². The van der Waals surface area contributed by atoms with E-state index in [1.54, 1.807) is 20.2 Å². The molecule has 0 unspecified atom stereocenters. The maximum absolute atomic E-state index is 9.03. The zero-order chi connectivity index (χ0) is 8.97. The number of thiazole rings is 1. The molecule has 0 bridgehead atoms. The van der Waals surface area contributed by atoms with E-state index >= 15 is 0 Å². The standard InChI is InChI=1S/C8H13NO2S/c1-6(10)3-4-7-5-9-8(11-2)12-7/h5-6,10H,3-4H2,1-2H3/t6-/m1/s1. The number of rotatable bonds is 4. The lowest BCUT2D eigenvalue weighted by molar-refractivity contribution is 0.185.